The first-order chi connectivity index (χ1) is 9.19. The fraction of sp³-hybridized carbons (Fsp3) is 1.00. The Balaban J connectivity index is 2.63. The Hall–Kier alpha value is -0.120. The quantitative estimate of drug-likeness (QED) is 0.766. The summed E-state index contributed by atoms with van der Waals surface area (Å²) in [5, 5.41) is 3.59. The second-order valence-electron chi connectivity index (χ2n) is 6.29. The summed E-state index contributed by atoms with van der Waals surface area (Å²) in [7, 11) is 6.50. The van der Waals surface area contributed by atoms with Gasteiger partial charge in [-0.05, 0) is 47.0 Å². The van der Waals surface area contributed by atoms with Crippen molar-refractivity contribution < 1.29 is 0 Å². The summed E-state index contributed by atoms with van der Waals surface area (Å²) in [6.07, 6.45) is 9.65. The standard InChI is InChI=1S/C16H35N3/c1-5-12-19(14-13-18(3)4)16-11-9-7-6-8-10-15(16)17-2/h15-17H,5-14H2,1-4H3. The first-order valence-corrected chi connectivity index (χ1v) is 8.25. The van der Waals surface area contributed by atoms with E-state index in [1.54, 1.807) is 0 Å². The third-order valence-corrected chi connectivity index (χ3v) is 4.41. The molecular weight excluding hydrogens is 234 g/mol. The molecule has 0 aliphatic heterocycles. The Morgan fingerprint density at radius 3 is 2.21 bits per heavy atom. The lowest BCUT2D eigenvalue weighted by molar-refractivity contribution is 0.126. The Labute approximate surface area is 120 Å². The molecule has 2 unspecified atom stereocenters. The van der Waals surface area contributed by atoms with E-state index in [-0.39, 0.29) is 0 Å². The van der Waals surface area contributed by atoms with Crippen molar-refractivity contribution in [3.63, 3.8) is 0 Å². The molecule has 0 aromatic heterocycles. The molecule has 1 saturated carbocycles. The van der Waals surface area contributed by atoms with Gasteiger partial charge in [0.2, 0.25) is 0 Å². The maximum absolute atomic E-state index is 3.59. The molecular formula is C16H35N3. The zero-order chi connectivity index (χ0) is 14.1. The van der Waals surface area contributed by atoms with Crippen LogP contribution in [0.4, 0.5) is 0 Å². The minimum Gasteiger partial charge on any atom is -0.315 e. The van der Waals surface area contributed by atoms with Gasteiger partial charge in [0.15, 0.2) is 0 Å². The van der Waals surface area contributed by atoms with Crippen molar-refractivity contribution in [2.24, 2.45) is 0 Å². The maximum atomic E-state index is 3.59. The molecule has 1 aliphatic carbocycles. The van der Waals surface area contributed by atoms with Gasteiger partial charge in [-0.15, -0.1) is 0 Å². The summed E-state index contributed by atoms with van der Waals surface area (Å²) in [6.45, 7) is 5.94. The molecule has 1 N–H and O–H groups in total. The van der Waals surface area contributed by atoms with Gasteiger partial charge in [0.05, 0.1) is 0 Å². The molecule has 1 aliphatic rings. The number of nitrogens with one attached hydrogen (secondary N) is 1. The van der Waals surface area contributed by atoms with Crippen molar-refractivity contribution in [2.45, 2.75) is 64.0 Å². The summed E-state index contributed by atoms with van der Waals surface area (Å²) in [5.74, 6) is 0. The molecule has 0 radical (unpaired) electrons. The number of rotatable bonds is 7. The summed E-state index contributed by atoms with van der Waals surface area (Å²) in [4.78, 5) is 5.05. The number of likely N-dealkylation sites (N-methyl/N-ethyl adjacent to an activating group) is 2. The number of hydrogen-bond acceptors (Lipinski definition) is 3. The molecule has 3 heteroatoms. The van der Waals surface area contributed by atoms with Crippen LogP contribution in [0, 0.1) is 0 Å². The van der Waals surface area contributed by atoms with E-state index in [2.05, 4.69) is 43.2 Å². The van der Waals surface area contributed by atoms with E-state index in [0.29, 0.717) is 6.04 Å². The van der Waals surface area contributed by atoms with Gasteiger partial charge >= 0.3 is 0 Å². The highest BCUT2D eigenvalue weighted by molar-refractivity contribution is 4.85. The fourth-order valence-corrected chi connectivity index (χ4v) is 3.30. The second-order valence-corrected chi connectivity index (χ2v) is 6.29. The van der Waals surface area contributed by atoms with Gasteiger partial charge in [0.1, 0.15) is 0 Å². The second kappa shape index (κ2) is 9.73. The van der Waals surface area contributed by atoms with Gasteiger partial charge in [-0.25, -0.2) is 0 Å². The predicted molar refractivity (Wildman–Crippen MR) is 84.8 cm³/mol. The Morgan fingerprint density at radius 2 is 1.63 bits per heavy atom. The molecule has 0 amide bonds. The van der Waals surface area contributed by atoms with Gasteiger partial charge in [-0.1, -0.05) is 32.6 Å². The highest BCUT2D eigenvalue weighted by atomic mass is 15.2. The molecule has 19 heavy (non-hydrogen) atoms. The molecule has 0 aromatic rings. The van der Waals surface area contributed by atoms with Crippen LogP contribution in [0.1, 0.15) is 51.9 Å². The first-order valence-electron chi connectivity index (χ1n) is 8.25. The van der Waals surface area contributed by atoms with Crippen molar-refractivity contribution in [1.29, 1.82) is 0 Å². The summed E-state index contributed by atoms with van der Waals surface area (Å²) >= 11 is 0. The van der Waals surface area contributed by atoms with E-state index in [4.69, 9.17) is 0 Å². The van der Waals surface area contributed by atoms with Crippen LogP contribution in [0.2, 0.25) is 0 Å². The van der Waals surface area contributed by atoms with Gasteiger partial charge in [-0.2, -0.15) is 0 Å². The van der Waals surface area contributed by atoms with E-state index in [9.17, 15) is 0 Å². The summed E-state index contributed by atoms with van der Waals surface area (Å²) in [6, 6.07) is 1.43. The van der Waals surface area contributed by atoms with Crippen molar-refractivity contribution in [1.82, 2.24) is 15.1 Å². The Morgan fingerprint density at radius 1 is 0.947 bits per heavy atom. The summed E-state index contributed by atoms with van der Waals surface area (Å²) in [5.41, 5.74) is 0. The van der Waals surface area contributed by atoms with Crippen LogP contribution in [-0.2, 0) is 0 Å². The zero-order valence-electron chi connectivity index (χ0n) is 13.6. The van der Waals surface area contributed by atoms with E-state index in [0.717, 1.165) is 6.04 Å². The molecule has 1 fully saturated rings. The van der Waals surface area contributed by atoms with Gasteiger partial charge in [0, 0.05) is 25.2 Å². The topological polar surface area (TPSA) is 18.5 Å². The van der Waals surface area contributed by atoms with Crippen LogP contribution >= 0.6 is 0 Å². The van der Waals surface area contributed by atoms with Crippen molar-refractivity contribution in [3.05, 3.63) is 0 Å². The van der Waals surface area contributed by atoms with E-state index in [1.807, 2.05) is 0 Å². The normalized spacial score (nSPS) is 25.6. The van der Waals surface area contributed by atoms with Crippen LogP contribution in [0.25, 0.3) is 0 Å². The Kier molecular flexibility index (Phi) is 8.67. The van der Waals surface area contributed by atoms with Gasteiger partial charge in [-0.3, -0.25) is 4.90 Å². The highest BCUT2D eigenvalue weighted by Crippen LogP contribution is 2.22. The monoisotopic (exact) mass is 269 g/mol. The number of hydrogen-bond donors (Lipinski definition) is 1. The minimum absolute atomic E-state index is 0.689. The van der Waals surface area contributed by atoms with Crippen molar-refractivity contribution in [3.8, 4) is 0 Å². The van der Waals surface area contributed by atoms with Crippen LogP contribution in [-0.4, -0.2) is 62.7 Å². The average molecular weight is 269 g/mol. The SMILES string of the molecule is CCCN(CCN(C)C)C1CCCCCCC1NC. The van der Waals surface area contributed by atoms with Crippen LogP contribution in [0.5, 0.6) is 0 Å². The molecule has 0 bridgehead atoms. The smallest absolute Gasteiger partial charge is 0.0249 e. The van der Waals surface area contributed by atoms with E-state index >= 15 is 0 Å². The fourth-order valence-electron chi connectivity index (χ4n) is 3.30. The third-order valence-electron chi connectivity index (χ3n) is 4.41. The highest BCUT2D eigenvalue weighted by Gasteiger charge is 2.26. The van der Waals surface area contributed by atoms with E-state index in [1.165, 1.54) is 64.6 Å². The third kappa shape index (κ3) is 6.24. The largest absolute Gasteiger partial charge is 0.315 e. The zero-order valence-corrected chi connectivity index (χ0v) is 13.6. The molecule has 0 heterocycles. The molecule has 2 atom stereocenters. The van der Waals surface area contributed by atoms with Crippen molar-refractivity contribution in [2.75, 3.05) is 40.8 Å². The molecule has 114 valence electrons. The molecule has 0 spiro atoms. The predicted octanol–water partition coefficient (Wildman–Crippen LogP) is 2.57. The molecule has 0 aromatic carbocycles. The van der Waals surface area contributed by atoms with Crippen LogP contribution in [0.3, 0.4) is 0 Å². The van der Waals surface area contributed by atoms with Gasteiger partial charge < -0.3 is 10.2 Å². The average Bonchev–Trinajstić information content (AvgIpc) is 2.35. The minimum atomic E-state index is 0.689. The van der Waals surface area contributed by atoms with Crippen LogP contribution < -0.4 is 5.32 Å². The van der Waals surface area contributed by atoms with E-state index < -0.39 is 0 Å². The summed E-state index contributed by atoms with van der Waals surface area (Å²) < 4.78 is 0. The van der Waals surface area contributed by atoms with Crippen LogP contribution in [0.15, 0.2) is 0 Å². The molecule has 0 saturated heterocycles. The lowest BCUT2D eigenvalue weighted by Crippen LogP contribution is -2.51. The molecule has 3 nitrogen and oxygen atoms in total. The molecule has 1 rings (SSSR count). The number of nitrogens with zero attached hydrogens (tertiary/aromatic N) is 2. The maximum Gasteiger partial charge on any atom is 0.0249 e. The van der Waals surface area contributed by atoms with Gasteiger partial charge in [0.25, 0.3) is 0 Å². The lowest BCUT2D eigenvalue weighted by atomic mass is 9.91. The van der Waals surface area contributed by atoms with Crippen molar-refractivity contribution >= 4 is 0 Å². The first kappa shape index (κ1) is 16.9. The lowest BCUT2D eigenvalue weighted by Gasteiger charge is -2.39. The Bertz CT molecular complexity index is 218.